The van der Waals surface area contributed by atoms with Crippen LogP contribution < -0.4 is 0 Å². The van der Waals surface area contributed by atoms with Gasteiger partial charge in [0, 0.05) is 14.5 Å². The Kier molecular flexibility index (Phi) is 2.63. The Bertz CT molecular complexity index is 465. The quantitative estimate of drug-likeness (QED) is 0.716. The number of nitrogens with zero attached hydrogens (tertiary/aromatic N) is 2. The van der Waals surface area contributed by atoms with Crippen molar-refractivity contribution in [3.05, 3.63) is 53.9 Å². The van der Waals surface area contributed by atoms with E-state index in [-0.39, 0.29) is 7.21 Å². The van der Waals surface area contributed by atoms with Gasteiger partial charge in [-0.25, -0.2) is 0 Å². The number of carbonyl (C=O) groups excluding carboxylic acids is 1. The van der Waals surface area contributed by atoms with Crippen molar-refractivity contribution in [2.75, 3.05) is 0 Å². The standard InChI is InChI=1S/C12H12N2O.H2/c1-10(15)12-7-8-14(13-12)9-11-5-3-2-4-6-11;/h2-8H,9H2,1H3;1H. The molecule has 1 heterocycles. The van der Waals surface area contributed by atoms with Crippen LogP contribution in [0.25, 0.3) is 0 Å². The molecule has 0 N–H and O–H groups in total. The Morgan fingerprint density at radius 2 is 2.07 bits per heavy atom. The van der Waals surface area contributed by atoms with E-state index >= 15 is 0 Å². The monoisotopic (exact) mass is 202 g/mol. The summed E-state index contributed by atoms with van der Waals surface area (Å²) in [5, 5.41) is 4.17. The van der Waals surface area contributed by atoms with Gasteiger partial charge in [0.25, 0.3) is 0 Å². The molecule has 0 aliphatic rings. The summed E-state index contributed by atoms with van der Waals surface area (Å²) in [7, 11) is 0. The first-order valence-electron chi connectivity index (χ1n) is 4.84. The van der Waals surface area contributed by atoms with Gasteiger partial charge in [0.2, 0.25) is 0 Å². The molecular formula is C12H14N2O. The summed E-state index contributed by atoms with van der Waals surface area (Å²) in [6.45, 7) is 2.23. The topological polar surface area (TPSA) is 34.9 Å². The fraction of sp³-hybridized carbons (Fsp3) is 0.167. The molecule has 0 amide bonds. The Balaban J connectivity index is 0.00000128. The number of Topliss-reactive ketones (excluding diaryl/α,β-unsaturated/α-hetero) is 1. The van der Waals surface area contributed by atoms with Crippen molar-refractivity contribution in [2.45, 2.75) is 13.5 Å². The van der Waals surface area contributed by atoms with Gasteiger partial charge in [-0.05, 0) is 11.6 Å². The van der Waals surface area contributed by atoms with Crippen LogP contribution in [0, 0.1) is 0 Å². The highest BCUT2D eigenvalue weighted by molar-refractivity contribution is 5.91. The summed E-state index contributed by atoms with van der Waals surface area (Å²) in [4.78, 5) is 11.0. The molecule has 2 rings (SSSR count). The van der Waals surface area contributed by atoms with E-state index in [0.717, 1.165) is 0 Å². The SMILES string of the molecule is CC(=O)c1ccn(Cc2ccccc2)n1.[HH]. The number of carbonyl (C=O) groups is 1. The lowest BCUT2D eigenvalue weighted by atomic mass is 10.2. The maximum atomic E-state index is 11.0. The van der Waals surface area contributed by atoms with Crippen molar-refractivity contribution < 1.29 is 6.22 Å². The van der Waals surface area contributed by atoms with Gasteiger partial charge in [-0.15, -0.1) is 0 Å². The number of ketones is 1. The zero-order valence-corrected chi connectivity index (χ0v) is 8.55. The van der Waals surface area contributed by atoms with Crippen LogP contribution in [0.15, 0.2) is 42.6 Å². The van der Waals surface area contributed by atoms with Crippen molar-refractivity contribution in [3.63, 3.8) is 0 Å². The molecule has 0 atom stereocenters. The van der Waals surface area contributed by atoms with Gasteiger partial charge in [-0.2, -0.15) is 5.10 Å². The Labute approximate surface area is 89.8 Å². The maximum absolute atomic E-state index is 11.0. The Morgan fingerprint density at radius 1 is 1.33 bits per heavy atom. The molecule has 1 aromatic heterocycles. The van der Waals surface area contributed by atoms with E-state index in [0.29, 0.717) is 12.2 Å². The molecule has 15 heavy (non-hydrogen) atoms. The normalized spacial score (nSPS) is 10.2. The molecule has 78 valence electrons. The zero-order chi connectivity index (χ0) is 10.7. The first-order chi connectivity index (χ1) is 7.25. The fourth-order valence-corrected chi connectivity index (χ4v) is 1.41. The van der Waals surface area contributed by atoms with Gasteiger partial charge in [0.05, 0.1) is 6.54 Å². The lowest BCUT2D eigenvalue weighted by Gasteiger charge is -2.00. The second-order valence-corrected chi connectivity index (χ2v) is 3.44. The van der Waals surface area contributed by atoms with Crippen LogP contribution in [0.4, 0.5) is 0 Å². The van der Waals surface area contributed by atoms with E-state index in [4.69, 9.17) is 0 Å². The van der Waals surface area contributed by atoms with Gasteiger partial charge in [-0.3, -0.25) is 9.48 Å². The summed E-state index contributed by atoms with van der Waals surface area (Å²) in [6.07, 6.45) is 1.82. The van der Waals surface area contributed by atoms with Gasteiger partial charge in [0.15, 0.2) is 5.78 Å². The summed E-state index contributed by atoms with van der Waals surface area (Å²) < 4.78 is 1.77. The van der Waals surface area contributed by atoms with Crippen molar-refractivity contribution in [1.82, 2.24) is 9.78 Å². The first kappa shape index (κ1) is 9.65. The molecule has 3 heteroatoms. The van der Waals surface area contributed by atoms with Gasteiger partial charge >= 0.3 is 0 Å². The number of aromatic nitrogens is 2. The highest BCUT2D eigenvalue weighted by Gasteiger charge is 2.03. The summed E-state index contributed by atoms with van der Waals surface area (Å²) in [6, 6.07) is 11.8. The summed E-state index contributed by atoms with van der Waals surface area (Å²) in [5.74, 6) is 0.00168. The molecule has 0 saturated carbocycles. The van der Waals surface area contributed by atoms with Crippen LogP contribution in [0.5, 0.6) is 0 Å². The predicted molar refractivity (Wildman–Crippen MR) is 59.9 cm³/mol. The number of hydrogen-bond donors (Lipinski definition) is 0. The third kappa shape index (κ3) is 2.31. The molecule has 2 aromatic rings. The minimum atomic E-state index is 0. The highest BCUT2D eigenvalue weighted by atomic mass is 16.1. The zero-order valence-electron chi connectivity index (χ0n) is 8.55. The fourth-order valence-electron chi connectivity index (χ4n) is 1.41. The van der Waals surface area contributed by atoms with E-state index in [9.17, 15) is 4.79 Å². The van der Waals surface area contributed by atoms with Crippen LogP contribution in [-0.2, 0) is 6.54 Å². The van der Waals surface area contributed by atoms with E-state index < -0.39 is 0 Å². The lowest BCUT2D eigenvalue weighted by molar-refractivity contribution is 0.101. The van der Waals surface area contributed by atoms with Gasteiger partial charge in [0.1, 0.15) is 5.69 Å². The number of hydrogen-bond acceptors (Lipinski definition) is 2. The van der Waals surface area contributed by atoms with Crippen LogP contribution in [0.3, 0.4) is 0 Å². The smallest absolute Gasteiger partial charge is 0.179 e. The molecule has 0 spiro atoms. The largest absolute Gasteiger partial charge is 0.293 e. The minimum Gasteiger partial charge on any atom is -0.293 e. The lowest BCUT2D eigenvalue weighted by Crippen LogP contribution is -2.02. The van der Waals surface area contributed by atoms with Crippen molar-refractivity contribution in [1.29, 1.82) is 0 Å². The number of benzene rings is 1. The van der Waals surface area contributed by atoms with E-state index in [1.807, 2.05) is 36.5 Å². The Hall–Kier alpha value is -1.90. The molecule has 0 aliphatic heterocycles. The molecule has 0 bridgehead atoms. The second-order valence-electron chi connectivity index (χ2n) is 3.44. The number of rotatable bonds is 3. The maximum Gasteiger partial charge on any atom is 0.179 e. The van der Waals surface area contributed by atoms with E-state index in [2.05, 4.69) is 5.10 Å². The van der Waals surface area contributed by atoms with Crippen molar-refractivity contribution in [2.24, 2.45) is 0 Å². The minimum absolute atomic E-state index is 0. The van der Waals surface area contributed by atoms with E-state index in [1.54, 1.807) is 10.7 Å². The predicted octanol–water partition coefficient (Wildman–Crippen LogP) is 2.38. The Morgan fingerprint density at radius 3 is 2.67 bits per heavy atom. The third-order valence-corrected chi connectivity index (χ3v) is 2.19. The van der Waals surface area contributed by atoms with Gasteiger partial charge in [-0.1, -0.05) is 30.3 Å². The molecule has 0 fully saturated rings. The molecule has 0 unspecified atom stereocenters. The molecule has 0 saturated heterocycles. The van der Waals surface area contributed by atoms with Crippen LogP contribution in [-0.4, -0.2) is 15.6 Å². The van der Waals surface area contributed by atoms with Crippen LogP contribution >= 0.6 is 0 Å². The average Bonchev–Trinajstić information content (AvgIpc) is 2.68. The van der Waals surface area contributed by atoms with Crippen molar-refractivity contribution >= 4 is 5.78 Å². The molecule has 1 aromatic carbocycles. The first-order valence-corrected chi connectivity index (χ1v) is 4.84. The van der Waals surface area contributed by atoms with E-state index in [1.165, 1.54) is 12.5 Å². The summed E-state index contributed by atoms with van der Waals surface area (Å²) >= 11 is 0. The molecule has 3 nitrogen and oxygen atoms in total. The summed E-state index contributed by atoms with van der Waals surface area (Å²) in [5.41, 5.74) is 1.70. The van der Waals surface area contributed by atoms with Gasteiger partial charge < -0.3 is 0 Å². The second kappa shape index (κ2) is 4.09. The van der Waals surface area contributed by atoms with Crippen LogP contribution in [0.1, 0.15) is 24.4 Å². The third-order valence-electron chi connectivity index (χ3n) is 2.19. The molecule has 0 radical (unpaired) electrons. The molecule has 0 aliphatic carbocycles. The van der Waals surface area contributed by atoms with Crippen molar-refractivity contribution in [3.8, 4) is 0 Å². The van der Waals surface area contributed by atoms with Crippen LogP contribution in [0.2, 0.25) is 0 Å². The molecular weight excluding hydrogens is 188 g/mol. The average molecular weight is 202 g/mol. The highest BCUT2D eigenvalue weighted by Crippen LogP contribution is 2.03.